The summed E-state index contributed by atoms with van der Waals surface area (Å²) in [4.78, 5) is 2.48. The third-order valence-corrected chi connectivity index (χ3v) is 4.27. The van der Waals surface area contributed by atoms with Gasteiger partial charge in [-0.05, 0) is 38.1 Å². The summed E-state index contributed by atoms with van der Waals surface area (Å²) >= 11 is 0. The van der Waals surface area contributed by atoms with Crippen LogP contribution >= 0.6 is 0 Å². The average Bonchev–Trinajstić information content (AvgIpc) is 2.72. The largest absolute Gasteiger partial charge is 0.396 e. The van der Waals surface area contributed by atoms with E-state index in [0.29, 0.717) is 5.41 Å². The van der Waals surface area contributed by atoms with Crippen LogP contribution in [0.15, 0.2) is 12.4 Å². The van der Waals surface area contributed by atoms with Crippen LogP contribution in [0, 0.1) is 5.41 Å². The van der Waals surface area contributed by atoms with E-state index in [9.17, 15) is 0 Å². The van der Waals surface area contributed by atoms with Crippen LogP contribution in [0.2, 0.25) is 0 Å². The van der Waals surface area contributed by atoms with Crippen molar-refractivity contribution in [1.82, 2.24) is 14.7 Å². The Balaban J connectivity index is 1.77. The van der Waals surface area contributed by atoms with Crippen molar-refractivity contribution in [2.24, 2.45) is 5.41 Å². The van der Waals surface area contributed by atoms with Crippen LogP contribution in [0.4, 0.5) is 5.69 Å². The maximum absolute atomic E-state index is 5.66. The molecular formula is C14H26N4. The van der Waals surface area contributed by atoms with Crippen molar-refractivity contribution >= 4 is 5.69 Å². The van der Waals surface area contributed by atoms with Crippen LogP contribution in [-0.4, -0.2) is 34.3 Å². The van der Waals surface area contributed by atoms with Gasteiger partial charge in [0, 0.05) is 18.8 Å². The predicted molar refractivity (Wildman–Crippen MR) is 75.3 cm³/mol. The van der Waals surface area contributed by atoms with Gasteiger partial charge in [0.15, 0.2) is 0 Å². The zero-order valence-corrected chi connectivity index (χ0v) is 11.9. The summed E-state index contributed by atoms with van der Waals surface area (Å²) in [5.74, 6) is 0. The van der Waals surface area contributed by atoms with E-state index in [4.69, 9.17) is 5.73 Å². The van der Waals surface area contributed by atoms with E-state index >= 15 is 0 Å². The number of nitrogen functional groups attached to an aromatic ring is 1. The molecule has 0 aliphatic heterocycles. The minimum atomic E-state index is 0.549. The molecule has 0 amide bonds. The van der Waals surface area contributed by atoms with Gasteiger partial charge in [0.2, 0.25) is 0 Å². The zero-order valence-electron chi connectivity index (χ0n) is 11.9. The lowest BCUT2D eigenvalue weighted by molar-refractivity contribution is 0.124. The Hall–Kier alpha value is -1.03. The second-order valence-electron chi connectivity index (χ2n) is 6.41. The summed E-state index contributed by atoms with van der Waals surface area (Å²) in [5.41, 5.74) is 6.96. The highest BCUT2D eigenvalue weighted by molar-refractivity contribution is 5.30. The Kier molecular flexibility index (Phi) is 3.95. The minimum Gasteiger partial charge on any atom is -0.396 e. The molecule has 0 atom stereocenters. The summed E-state index contributed by atoms with van der Waals surface area (Å²) < 4.78 is 1.93. The first-order valence-corrected chi connectivity index (χ1v) is 6.94. The summed E-state index contributed by atoms with van der Waals surface area (Å²) in [6.07, 6.45) is 8.95. The zero-order chi connectivity index (χ0) is 13.2. The standard InChI is InChI=1S/C14H26N4/c1-14(2)6-4-13(5-7-14)17(3)8-9-18-11-12(15)10-16-18/h10-11,13H,4-9,15H2,1-3H3. The molecule has 0 unspecified atom stereocenters. The average molecular weight is 250 g/mol. The normalized spacial score (nSPS) is 20.4. The third-order valence-electron chi connectivity index (χ3n) is 4.27. The molecule has 0 bridgehead atoms. The van der Waals surface area contributed by atoms with E-state index < -0.39 is 0 Å². The van der Waals surface area contributed by atoms with Gasteiger partial charge in [0.1, 0.15) is 0 Å². The molecule has 102 valence electrons. The molecule has 1 aromatic heterocycles. The van der Waals surface area contributed by atoms with E-state index in [0.717, 1.165) is 24.8 Å². The lowest BCUT2D eigenvalue weighted by Crippen LogP contribution is -2.38. The van der Waals surface area contributed by atoms with Gasteiger partial charge < -0.3 is 10.6 Å². The topological polar surface area (TPSA) is 47.1 Å². The van der Waals surface area contributed by atoms with Crippen molar-refractivity contribution < 1.29 is 0 Å². The number of hydrogen-bond acceptors (Lipinski definition) is 3. The molecule has 18 heavy (non-hydrogen) atoms. The maximum Gasteiger partial charge on any atom is 0.0719 e. The van der Waals surface area contributed by atoms with Gasteiger partial charge in [-0.3, -0.25) is 4.68 Å². The van der Waals surface area contributed by atoms with Gasteiger partial charge in [0.25, 0.3) is 0 Å². The smallest absolute Gasteiger partial charge is 0.0719 e. The number of anilines is 1. The number of rotatable bonds is 4. The molecule has 1 fully saturated rings. The fraction of sp³-hybridized carbons (Fsp3) is 0.786. The van der Waals surface area contributed by atoms with Crippen molar-refractivity contribution in [2.45, 2.75) is 52.1 Å². The SMILES string of the molecule is CN(CCn1cc(N)cn1)C1CCC(C)(C)CC1. The van der Waals surface area contributed by atoms with Gasteiger partial charge in [-0.2, -0.15) is 5.10 Å². The maximum atomic E-state index is 5.66. The monoisotopic (exact) mass is 250 g/mol. The molecule has 0 aromatic carbocycles. The van der Waals surface area contributed by atoms with Gasteiger partial charge in [-0.15, -0.1) is 0 Å². The summed E-state index contributed by atoms with van der Waals surface area (Å²) in [6.45, 7) is 6.74. The molecule has 1 saturated carbocycles. The first-order valence-electron chi connectivity index (χ1n) is 6.94. The molecule has 1 aliphatic rings. The predicted octanol–water partition coefficient (Wildman–Crippen LogP) is 2.37. The van der Waals surface area contributed by atoms with Gasteiger partial charge in [-0.1, -0.05) is 13.8 Å². The third kappa shape index (κ3) is 3.48. The van der Waals surface area contributed by atoms with Gasteiger partial charge >= 0.3 is 0 Å². The first kappa shape index (κ1) is 13.4. The van der Waals surface area contributed by atoms with E-state index in [-0.39, 0.29) is 0 Å². The number of nitrogens with zero attached hydrogens (tertiary/aromatic N) is 3. The van der Waals surface area contributed by atoms with Gasteiger partial charge in [-0.25, -0.2) is 0 Å². The molecule has 1 aliphatic carbocycles. The van der Waals surface area contributed by atoms with Crippen LogP contribution < -0.4 is 5.73 Å². The summed E-state index contributed by atoms with van der Waals surface area (Å²) in [7, 11) is 2.23. The van der Waals surface area contributed by atoms with E-state index in [1.54, 1.807) is 6.20 Å². The molecule has 1 heterocycles. The highest BCUT2D eigenvalue weighted by Gasteiger charge is 2.28. The highest BCUT2D eigenvalue weighted by atomic mass is 15.3. The fourth-order valence-corrected chi connectivity index (χ4v) is 2.77. The van der Waals surface area contributed by atoms with Crippen LogP contribution in [0.5, 0.6) is 0 Å². The lowest BCUT2D eigenvalue weighted by atomic mass is 9.75. The van der Waals surface area contributed by atoms with Crippen LogP contribution in [0.1, 0.15) is 39.5 Å². The second-order valence-corrected chi connectivity index (χ2v) is 6.41. The molecule has 1 aromatic rings. The van der Waals surface area contributed by atoms with Crippen molar-refractivity contribution in [3.63, 3.8) is 0 Å². The van der Waals surface area contributed by atoms with Crippen LogP contribution in [0.3, 0.4) is 0 Å². The fourth-order valence-electron chi connectivity index (χ4n) is 2.77. The molecule has 4 nitrogen and oxygen atoms in total. The Labute approximate surface area is 110 Å². The Morgan fingerprint density at radius 3 is 2.67 bits per heavy atom. The lowest BCUT2D eigenvalue weighted by Gasteiger charge is -2.38. The Morgan fingerprint density at radius 2 is 2.11 bits per heavy atom. The van der Waals surface area contributed by atoms with Crippen molar-refractivity contribution in [2.75, 3.05) is 19.3 Å². The molecular weight excluding hydrogens is 224 g/mol. The molecule has 0 saturated heterocycles. The minimum absolute atomic E-state index is 0.549. The quantitative estimate of drug-likeness (QED) is 0.892. The van der Waals surface area contributed by atoms with Crippen molar-refractivity contribution in [1.29, 1.82) is 0 Å². The van der Waals surface area contributed by atoms with E-state index in [1.807, 2.05) is 10.9 Å². The van der Waals surface area contributed by atoms with Gasteiger partial charge in [0.05, 0.1) is 18.4 Å². The Morgan fingerprint density at radius 1 is 1.44 bits per heavy atom. The number of hydrogen-bond donors (Lipinski definition) is 1. The molecule has 2 N–H and O–H groups in total. The van der Waals surface area contributed by atoms with E-state index in [2.05, 4.69) is 30.9 Å². The second kappa shape index (κ2) is 5.31. The molecule has 2 rings (SSSR count). The van der Waals surface area contributed by atoms with Crippen molar-refractivity contribution in [3.8, 4) is 0 Å². The Bertz CT molecular complexity index is 373. The van der Waals surface area contributed by atoms with Crippen LogP contribution in [-0.2, 0) is 6.54 Å². The first-order chi connectivity index (χ1) is 8.46. The summed E-state index contributed by atoms with van der Waals surface area (Å²) in [5, 5.41) is 4.22. The summed E-state index contributed by atoms with van der Waals surface area (Å²) in [6, 6.07) is 0.742. The number of aromatic nitrogens is 2. The molecule has 0 spiro atoms. The van der Waals surface area contributed by atoms with E-state index in [1.165, 1.54) is 25.7 Å². The van der Waals surface area contributed by atoms with Crippen LogP contribution in [0.25, 0.3) is 0 Å². The number of nitrogens with two attached hydrogens (primary N) is 1. The highest BCUT2D eigenvalue weighted by Crippen LogP contribution is 2.36. The molecule has 4 heteroatoms. The van der Waals surface area contributed by atoms with Crippen molar-refractivity contribution in [3.05, 3.63) is 12.4 Å². The number of likely N-dealkylation sites (N-methyl/N-ethyl adjacent to an activating group) is 1. The molecule has 0 radical (unpaired) electrons.